The number of carbonyl (C=O) groups is 2. The standard InChI is InChI=1S/C37H35F6NO5/c1-2-8-24-16-28-33(35(49)44(34(28)48)27-18-25(36(38,39)40)17-26(19-27)37(41,42)43)29(20-45)32(24)31(47)14-13-22(21-9-4-3-5-10-21)15-23-11-6-7-12-30(23)46/h3-7,9-12,15,17-19,28-29,31,33,45-47H,2,8,13-14,16,20H2,1H3/b22-15-/t28-,29+,31-,33-/m1/s1. The van der Waals surface area contributed by atoms with E-state index in [4.69, 9.17) is 0 Å². The number of aromatic hydroxyl groups is 1. The van der Waals surface area contributed by atoms with E-state index in [1.54, 1.807) is 30.3 Å². The van der Waals surface area contributed by atoms with Crippen LogP contribution in [0.5, 0.6) is 5.75 Å². The van der Waals surface area contributed by atoms with Gasteiger partial charge in [0.25, 0.3) is 0 Å². The zero-order valence-corrected chi connectivity index (χ0v) is 26.4. The van der Waals surface area contributed by atoms with Gasteiger partial charge in [-0.3, -0.25) is 9.59 Å². The van der Waals surface area contributed by atoms with Crippen LogP contribution >= 0.6 is 0 Å². The van der Waals surface area contributed by atoms with E-state index in [9.17, 15) is 51.3 Å². The van der Waals surface area contributed by atoms with Crippen LogP contribution in [0.2, 0.25) is 0 Å². The fraction of sp³-hybridized carbons (Fsp3) is 0.351. The van der Waals surface area contributed by atoms with Crippen molar-refractivity contribution >= 4 is 29.2 Å². The molecule has 1 heterocycles. The number of fused-ring (bicyclic) bond motifs is 1. The Morgan fingerprint density at radius 2 is 1.53 bits per heavy atom. The van der Waals surface area contributed by atoms with Gasteiger partial charge in [0.1, 0.15) is 5.75 Å². The van der Waals surface area contributed by atoms with Crippen molar-refractivity contribution in [2.75, 3.05) is 11.5 Å². The predicted molar refractivity (Wildman–Crippen MR) is 171 cm³/mol. The number of nitrogens with zero attached hydrogens (tertiary/aromatic N) is 1. The minimum Gasteiger partial charge on any atom is -0.507 e. The molecule has 3 aromatic carbocycles. The maximum absolute atomic E-state index is 13.9. The molecule has 2 aliphatic rings. The molecule has 0 radical (unpaired) electrons. The van der Waals surface area contributed by atoms with E-state index in [0.29, 0.717) is 46.6 Å². The molecule has 260 valence electrons. The lowest BCUT2D eigenvalue weighted by molar-refractivity contribution is -0.143. The Balaban J connectivity index is 1.49. The summed E-state index contributed by atoms with van der Waals surface area (Å²) in [5.74, 6) is -5.50. The lowest BCUT2D eigenvalue weighted by Crippen LogP contribution is -2.39. The molecule has 0 bridgehead atoms. The zero-order chi connectivity index (χ0) is 35.7. The van der Waals surface area contributed by atoms with Crippen molar-refractivity contribution < 1.29 is 51.3 Å². The van der Waals surface area contributed by atoms with Gasteiger partial charge in [0, 0.05) is 11.5 Å². The topological polar surface area (TPSA) is 98.1 Å². The number of amides is 2. The number of benzene rings is 3. The Morgan fingerprint density at radius 3 is 2.10 bits per heavy atom. The third kappa shape index (κ3) is 7.45. The van der Waals surface area contributed by atoms with Gasteiger partial charge in [-0.15, -0.1) is 0 Å². The summed E-state index contributed by atoms with van der Waals surface area (Å²) >= 11 is 0. The first-order valence-electron chi connectivity index (χ1n) is 15.9. The van der Waals surface area contributed by atoms with Crippen molar-refractivity contribution in [1.29, 1.82) is 0 Å². The molecule has 0 aromatic heterocycles. The highest BCUT2D eigenvalue weighted by molar-refractivity contribution is 6.22. The van der Waals surface area contributed by atoms with Crippen molar-refractivity contribution in [3.05, 3.63) is 106 Å². The van der Waals surface area contributed by atoms with Crippen LogP contribution in [0.15, 0.2) is 83.9 Å². The van der Waals surface area contributed by atoms with Crippen LogP contribution in [0.1, 0.15) is 61.3 Å². The second-order valence-electron chi connectivity index (χ2n) is 12.4. The fourth-order valence-corrected chi connectivity index (χ4v) is 7.02. The largest absolute Gasteiger partial charge is 0.507 e. The molecule has 5 rings (SSSR count). The maximum Gasteiger partial charge on any atom is 0.416 e. The monoisotopic (exact) mass is 687 g/mol. The summed E-state index contributed by atoms with van der Waals surface area (Å²) < 4.78 is 81.9. The lowest BCUT2D eigenvalue weighted by atomic mass is 9.67. The highest BCUT2D eigenvalue weighted by atomic mass is 19.4. The number of hydrogen-bond donors (Lipinski definition) is 3. The molecule has 12 heteroatoms. The van der Waals surface area contributed by atoms with Crippen LogP contribution < -0.4 is 4.90 Å². The Morgan fingerprint density at radius 1 is 0.918 bits per heavy atom. The van der Waals surface area contributed by atoms with E-state index < -0.39 is 71.4 Å². The summed E-state index contributed by atoms with van der Waals surface area (Å²) in [5.41, 5.74) is -1.08. The summed E-state index contributed by atoms with van der Waals surface area (Å²) in [7, 11) is 0. The zero-order valence-electron chi connectivity index (χ0n) is 26.4. The molecule has 0 spiro atoms. The van der Waals surface area contributed by atoms with Gasteiger partial charge in [0.2, 0.25) is 11.8 Å². The molecular formula is C37H35F6NO5. The van der Waals surface area contributed by atoms with Gasteiger partial charge in [0.05, 0.1) is 41.4 Å². The smallest absolute Gasteiger partial charge is 0.416 e. The molecule has 1 fully saturated rings. The van der Waals surface area contributed by atoms with E-state index in [-0.39, 0.29) is 31.1 Å². The number of phenols is 1. The fourth-order valence-electron chi connectivity index (χ4n) is 7.02. The summed E-state index contributed by atoms with van der Waals surface area (Å²) in [4.78, 5) is 27.9. The molecule has 3 aromatic rings. The van der Waals surface area contributed by atoms with Crippen LogP contribution in [0.3, 0.4) is 0 Å². The number of aliphatic hydroxyl groups excluding tert-OH is 2. The number of carbonyl (C=O) groups excluding carboxylic acids is 2. The van der Waals surface area contributed by atoms with E-state index in [0.717, 1.165) is 11.1 Å². The molecule has 1 saturated heterocycles. The molecule has 49 heavy (non-hydrogen) atoms. The number of imide groups is 1. The number of hydrogen-bond acceptors (Lipinski definition) is 5. The maximum atomic E-state index is 13.9. The number of allylic oxidation sites excluding steroid dienone is 2. The first-order chi connectivity index (χ1) is 23.1. The van der Waals surface area contributed by atoms with E-state index >= 15 is 0 Å². The minimum atomic E-state index is -5.19. The third-order valence-corrected chi connectivity index (χ3v) is 9.22. The number of halogens is 6. The molecular weight excluding hydrogens is 652 g/mol. The Bertz CT molecular complexity index is 1730. The van der Waals surface area contributed by atoms with E-state index in [1.807, 2.05) is 37.3 Å². The number of aliphatic hydroxyl groups is 2. The van der Waals surface area contributed by atoms with Crippen LogP contribution in [-0.2, 0) is 21.9 Å². The highest BCUT2D eigenvalue weighted by Gasteiger charge is 2.55. The number of anilines is 1. The highest BCUT2D eigenvalue weighted by Crippen LogP contribution is 2.49. The van der Waals surface area contributed by atoms with Gasteiger partial charge in [-0.1, -0.05) is 67.4 Å². The number of para-hydroxylation sites is 1. The lowest BCUT2D eigenvalue weighted by Gasteiger charge is -2.36. The Hall–Kier alpha value is -4.42. The van der Waals surface area contributed by atoms with Gasteiger partial charge in [-0.05, 0) is 72.7 Å². The van der Waals surface area contributed by atoms with Crippen LogP contribution in [0.25, 0.3) is 11.6 Å². The Kier molecular flexibility index (Phi) is 10.4. The summed E-state index contributed by atoms with van der Waals surface area (Å²) in [5, 5.41) is 32.7. The molecule has 1 aliphatic heterocycles. The summed E-state index contributed by atoms with van der Waals surface area (Å²) in [6.07, 6.45) is -8.50. The van der Waals surface area contributed by atoms with Gasteiger partial charge in [0.15, 0.2) is 0 Å². The molecule has 2 amide bonds. The number of alkyl halides is 6. The molecule has 3 N–H and O–H groups in total. The van der Waals surface area contributed by atoms with Crippen molar-refractivity contribution in [1.82, 2.24) is 0 Å². The summed E-state index contributed by atoms with van der Waals surface area (Å²) in [6, 6.07) is 16.6. The molecule has 0 saturated carbocycles. The molecule has 0 unspecified atom stereocenters. The van der Waals surface area contributed by atoms with Gasteiger partial charge < -0.3 is 15.3 Å². The quantitative estimate of drug-likeness (QED) is 0.0868. The van der Waals surface area contributed by atoms with Crippen LogP contribution in [0.4, 0.5) is 32.0 Å². The predicted octanol–water partition coefficient (Wildman–Crippen LogP) is 8.03. The van der Waals surface area contributed by atoms with Gasteiger partial charge in [-0.2, -0.15) is 26.3 Å². The second-order valence-corrected chi connectivity index (χ2v) is 12.4. The van der Waals surface area contributed by atoms with Crippen LogP contribution in [-0.4, -0.2) is 39.8 Å². The van der Waals surface area contributed by atoms with E-state index in [2.05, 4.69) is 0 Å². The number of phenolic OH excluding ortho intramolecular Hbond substituents is 1. The van der Waals surface area contributed by atoms with Crippen molar-refractivity contribution in [3.8, 4) is 5.75 Å². The minimum absolute atomic E-state index is 0.0488. The van der Waals surface area contributed by atoms with E-state index in [1.165, 1.54) is 0 Å². The second kappa shape index (κ2) is 14.2. The third-order valence-electron chi connectivity index (χ3n) is 9.22. The first kappa shape index (κ1) is 35.9. The normalized spacial score (nSPS) is 21.0. The van der Waals surface area contributed by atoms with Gasteiger partial charge in [-0.25, -0.2) is 4.90 Å². The average molecular weight is 688 g/mol. The molecule has 6 nitrogen and oxygen atoms in total. The van der Waals surface area contributed by atoms with Crippen LogP contribution in [0, 0.1) is 17.8 Å². The van der Waals surface area contributed by atoms with Crippen molar-refractivity contribution in [3.63, 3.8) is 0 Å². The Labute approximate surface area is 279 Å². The number of rotatable bonds is 10. The van der Waals surface area contributed by atoms with Crippen molar-refractivity contribution in [2.24, 2.45) is 17.8 Å². The van der Waals surface area contributed by atoms with Gasteiger partial charge >= 0.3 is 12.4 Å². The van der Waals surface area contributed by atoms with Crippen molar-refractivity contribution in [2.45, 2.75) is 57.5 Å². The summed E-state index contributed by atoms with van der Waals surface area (Å²) in [6.45, 7) is 1.16. The molecule has 4 atom stereocenters. The SMILES string of the molecule is CCCC1=C([C@H](O)CC/C(=C/c2ccccc2O)c2ccccc2)[C@H](CO)[C@@H]2C(=O)N(c3cc(C(F)(F)F)cc(C(F)(F)F)c3)C(=O)[C@@H]2C1. The first-order valence-corrected chi connectivity index (χ1v) is 15.9. The molecule has 1 aliphatic carbocycles. The average Bonchev–Trinajstić information content (AvgIpc) is 3.31.